The van der Waals surface area contributed by atoms with Gasteiger partial charge in [0.1, 0.15) is 35.0 Å². The predicted octanol–water partition coefficient (Wildman–Crippen LogP) is 8.72. The van der Waals surface area contributed by atoms with Gasteiger partial charge in [0.25, 0.3) is 0 Å². The average Bonchev–Trinajstić information content (AvgIpc) is 3.59. The monoisotopic (exact) mass is 670 g/mol. The minimum absolute atomic E-state index is 0.236. The number of hydrogen-bond donors (Lipinski definition) is 1. The minimum Gasteiger partial charge on any atom is -0.492 e. The summed E-state index contributed by atoms with van der Waals surface area (Å²) in [5.41, 5.74) is 1.40. The van der Waals surface area contributed by atoms with Crippen molar-refractivity contribution in [3.8, 4) is 17.2 Å². The van der Waals surface area contributed by atoms with Gasteiger partial charge in [-0.15, -0.1) is 0 Å². The summed E-state index contributed by atoms with van der Waals surface area (Å²) in [5, 5.41) is 11.7. The highest BCUT2D eigenvalue weighted by molar-refractivity contribution is 5.91. The first-order valence-electron chi connectivity index (χ1n) is 16.9. The first-order valence-corrected chi connectivity index (χ1v) is 16.9. The maximum atomic E-state index is 11.6. The Kier molecular flexibility index (Phi) is 9.80. The van der Waals surface area contributed by atoms with E-state index in [1.807, 2.05) is 62.4 Å². The molecule has 4 aromatic rings. The lowest BCUT2D eigenvalue weighted by molar-refractivity contribution is -0.270. The number of rotatable bonds is 13. The zero-order valence-corrected chi connectivity index (χ0v) is 29.1. The van der Waals surface area contributed by atoms with Gasteiger partial charge in [-0.3, -0.25) is 0 Å². The van der Waals surface area contributed by atoms with Gasteiger partial charge in [0.15, 0.2) is 0 Å². The van der Waals surface area contributed by atoms with Crippen molar-refractivity contribution in [3.05, 3.63) is 94.6 Å². The summed E-state index contributed by atoms with van der Waals surface area (Å²) in [4.78, 5) is 11.6. The average molecular weight is 671 g/mol. The fourth-order valence-corrected chi connectivity index (χ4v) is 6.07. The molecule has 0 aliphatic carbocycles. The molecule has 6 rings (SSSR count). The van der Waals surface area contributed by atoms with E-state index in [0.717, 1.165) is 41.2 Å². The van der Waals surface area contributed by atoms with E-state index in [1.165, 1.54) is 6.07 Å². The Morgan fingerprint density at radius 1 is 1.10 bits per heavy atom. The first-order chi connectivity index (χ1) is 23.3. The van der Waals surface area contributed by atoms with Crippen LogP contribution in [0.2, 0.25) is 0 Å². The molecule has 49 heavy (non-hydrogen) atoms. The third-order valence-electron chi connectivity index (χ3n) is 8.88. The smallest absolute Gasteiger partial charge is 0.350 e. The van der Waals surface area contributed by atoms with Gasteiger partial charge in [0.2, 0.25) is 0 Å². The predicted molar refractivity (Wildman–Crippen MR) is 189 cm³/mol. The molecule has 2 aliphatic heterocycles. The second kappa shape index (κ2) is 13.9. The van der Waals surface area contributed by atoms with Gasteiger partial charge < -0.3 is 37.6 Å². The Bertz CT molecular complexity index is 1940. The molecule has 2 aromatic heterocycles. The van der Waals surface area contributed by atoms with Crippen molar-refractivity contribution in [1.29, 1.82) is 0 Å². The number of ether oxygens (including phenoxy) is 5. The van der Waals surface area contributed by atoms with E-state index in [0.29, 0.717) is 48.0 Å². The van der Waals surface area contributed by atoms with Crippen LogP contribution in [0.1, 0.15) is 72.8 Å². The van der Waals surface area contributed by atoms with Crippen LogP contribution in [0.15, 0.2) is 92.2 Å². The Morgan fingerprint density at radius 3 is 2.73 bits per heavy atom. The van der Waals surface area contributed by atoms with Crippen LogP contribution in [0.3, 0.4) is 0 Å². The summed E-state index contributed by atoms with van der Waals surface area (Å²) in [6, 6.07) is 12.4. The van der Waals surface area contributed by atoms with Crippen LogP contribution < -0.4 is 19.8 Å². The van der Waals surface area contributed by atoms with E-state index in [-0.39, 0.29) is 17.6 Å². The third-order valence-corrected chi connectivity index (χ3v) is 8.88. The molecule has 1 spiro atoms. The van der Waals surface area contributed by atoms with Crippen molar-refractivity contribution in [2.75, 3.05) is 13.2 Å². The summed E-state index contributed by atoms with van der Waals surface area (Å²) in [5.74, 6) is 0.816. The summed E-state index contributed by atoms with van der Waals surface area (Å²) in [6.45, 7) is 12.7. The lowest BCUT2D eigenvalue weighted by Gasteiger charge is -2.30. The van der Waals surface area contributed by atoms with Crippen LogP contribution in [0.4, 0.5) is 0 Å². The highest BCUT2D eigenvalue weighted by Crippen LogP contribution is 2.48. The Morgan fingerprint density at radius 2 is 1.92 bits per heavy atom. The third kappa shape index (κ3) is 8.29. The lowest BCUT2D eigenvalue weighted by atomic mass is 9.96. The van der Waals surface area contributed by atoms with E-state index < -0.39 is 17.2 Å². The molecule has 1 saturated heterocycles. The molecular formula is C40H46O9. The van der Waals surface area contributed by atoms with Gasteiger partial charge in [-0.2, -0.15) is 0 Å². The summed E-state index contributed by atoms with van der Waals surface area (Å²) >= 11 is 0. The largest absolute Gasteiger partial charge is 0.492 e. The zero-order valence-electron chi connectivity index (χ0n) is 29.1. The maximum Gasteiger partial charge on any atom is 0.350 e. The normalized spacial score (nSPS) is 21.0. The molecule has 3 unspecified atom stereocenters. The van der Waals surface area contributed by atoms with Gasteiger partial charge in [-0.05, 0) is 103 Å². The fourth-order valence-electron chi connectivity index (χ4n) is 6.07. The van der Waals surface area contributed by atoms with Crippen molar-refractivity contribution in [2.24, 2.45) is 5.92 Å². The number of fused-ring (bicyclic) bond motifs is 3. The van der Waals surface area contributed by atoms with Crippen molar-refractivity contribution < 1.29 is 37.6 Å². The molecule has 9 nitrogen and oxygen atoms in total. The molecule has 9 heteroatoms. The van der Waals surface area contributed by atoms with Gasteiger partial charge >= 0.3 is 11.6 Å². The van der Waals surface area contributed by atoms with E-state index in [9.17, 15) is 9.90 Å². The lowest BCUT2D eigenvalue weighted by Crippen LogP contribution is -2.39. The van der Waals surface area contributed by atoms with E-state index in [1.54, 1.807) is 32.2 Å². The highest BCUT2D eigenvalue weighted by atomic mass is 16.9. The molecule has 0 amide bonds. The zero-order chi connectivity index (χ0) is 34.8. The van der Waals surface area contributed by atoms with Gasteiger partial charge in [-0.25, -0.2) is 4.79 Å². The van der Waals surface area contributed by atoms with Gasteiger partial charge in [0, 0.05) is 29.7 Å². The van der Waals surface area contributed by atoms with Crippen molar-refractivity contribution >= 4 is 28.0 Å². The minimum atomic E-state index is -1.37. The van der Waals surface area contributed by atoms with Gasteiger partial charge in [-0.1, -0.05) is 24.6 Å². The number of hydrogen-bond acceptors (Lipinski definition) is 9. The van der Waals surface area contributed by atoms with E-state index >= 15 is 0 Å². The van der Waals surface area contributed by atoms with Crippen LogP contribution in [-0.4, -0.2) is 41.6 Å². The molecule has 0 saturated carbocycles. The number of benzene rings is 2. The SMILES string of the molecule is C/C(=C\COc1ccc2ccc(=O)oc2c1)CCC1OC2(C=Cc3c(cc4occc4c3OCCC(C)/C=C/CC(C)(C)O)O2)OC1(C)C. The first kappa shape index (κ1) is 34.5. The topological polar surface area (TPSA) is 110 Å². The van der Waals surface area contributed by atoms with Crippen LogP contribution in [-0.2, 0) is 9.47 Å². The number of furan rings is 1. The van der Waals surface area contributed by atoms with E-state index in [4.69, 9.17) is 32.5 Å². The fraction of sp³-hybridized carbons (Fsp3) is 0.425. The highest BCUT2D eigenvalue weighted by Gasteiger charge is 2.54. The molecule has 260 valence electrons. The Labute approximate surface area is 286 Å². The summed E-state index contributed by atoms with van der Waals surface area (Å²) in [6.07, 6.45) is 14.3. The number of allylic oxidation sites excluding steroid dienone is 2. The van der Waals surface area contributed by atoms with Crippen molar-refractivity contribution in [1.82, 2.24) is 0 Å². The van der Waals surface area contributed by atoms with E-state index in [2.05, 4.69) is 19.9 Å². The summed E-state index contributed by atoms with van der Waals surface area (Å²) < 4.78 is 42.8. The molecule has 3 atom stereocenters. The van der Waals surface area contributed by atoms with Crippen LogP contribution in [0.5, 0.6) is 17.2 Å². The standard InChI is InChI=1S/C40H46O9/c1-26(8-7-19-38(3,4)42)17-22-45-37-30-15-20-40(47-34(30)25-33-31(37)18-23-44-33)48-35(39(5,6)49-40)13-9-27(2)16-21-43-29-12-10-28-11-14-36(41)46-32(28)24-29/h7-8,10-12,14-16,18,20,23-26,35,42H,9,13,17,19,21-22H2,1-6H3/b8-7+,27-16+. The molecule has 1 N–H and O–H groups in total. The van der Waals surface area contributed by atoms with Crippen LogP contribution in [0, 0.1) is 5.92 Å². The molecule has 1 fully saturated rings. The van der Waals surface area contributed by atoms with Gasteiger partial charge in [0.05, 0.1) is 41.1 Å². The van der Waals surface area contributed by atoms with Crippen molar-refractivity contribution in [2.45, 2.75) is 90.5 Å². The molecular weight excluding hydrogens is 624 g/mol. The van der Waals surface area contributed by atoms with Crippen LogP contribution in [0.25, 0.3) is 28.0 Å². The maximum absolute atomic E-state index is 11.6. The molecule has 0 bridgehead atoms. The Balaban J connectivity index is 1.07. The molecule has 2 aliphatic rings. The van der Waals surface area contributed by atoms with Crippen LogP contribution >= 0.6 is 0 Å². The second-order valence-corrected chi connectivity index (χ2v) is 14.2. The van der Waals surface area contributed by atoms with Crippen molar-refractivity contribution in [3.63, 3.8) is 0 Å². The summed E-state index contributed by atoms with van der Waals surface area (Å²) in [7, 11) is 0. The second-order valence-electron chi connectivity index (χ2n) is 14.2. The molecule has 4 heterocycles. The quantitative estimate of drug-likeness (QED) is 0.110. The number of aliphatic hydroxyl groups is 1. The Hall–Kier alpha value is -4.31. The molecule has 2 aromatic carbocycles. The molecule has 0 radical (unpaired) electrons.